The van der Waals surface area contributed by atoms with Crippen LogP contribution in [0.5, 0.6) is 5.75 Å². The zero-order chi connectivity index (χ0) is 7.56. The third-order valence-electron chi connectivity index (χ3n) is 1.21. The monoisotopic (exact) mass is 139 g/mol. The third kappa shape index (κ3) is 1.25. The van der Waals surface area contributed by atoms with Gasteiger partial charge in [0.05, 0.1) is 6.10 Å². The van der Waals surface area contributed by atoms with Crippen LogP contribution in [0.15, 0.2) is 18.3 Å². The van der Waals surface area contributed by atoms with E-state index in [1.165, 1.54) is 12.3 Å². The molecule has 3 heteroatoms. The summed E-state index contributed by atoms with van der Waals surface area (Å²) in [4.78, 5) is 3.78. The fourth-order valence-corrected chi connectivity index (χ4v) is 0.731. The number of aromatic nitrogens is 1. The molecule has 0 radical (unpaired) electrons. The summed E-state index contributed by atoms with van der Waals surface area (Å²) in [5, 5.41) is 18.0. The molecule has 1 atom stereocenters. The molecule has 0 aromatic carbocycles. The van der Waals surface area contributed by atoms with Gasteiger partial charge in [-0.25, -0.2) is 0 Å². The van der Waals surface area contributed by atoms with Crippen LogP contribution in [0.4, 0.5) is 0 Å². The molecule has 1 aromatic rings. The molecule has 0 bridgehead atoms. The van der Waals surface area contributed by atoms with Crippen LogP contribution in [0.25, 0.3) is 0 Å². The van der Waals surface area contributed by atoms with Crippen LogP contribution in [0.3, 0.4) is 0 Å². The van der Waals surface area contributed by atoms with Crippen molar-refractivity contribution in [1.29, 1.82) is 0 Å². The lowest BCUT2D eigenvalue weighted by atomic mass is 10.2. The van der Waals surface area contributed by atoms with Gasteiger partial charge in [0.25, 0.3) is 0 Å². The van der Waals surface area contributed by atoms with E-state index in [0.29, 0.717) is 5.69 Å². The van der Waals surface area contributed by atoms with Gasteiger partial charge in [-0.1, -0.05) is 0 Å². The second-order valence-electron chi connectivity index (χ2n) is 2.08. The molecule has 54 valence electrons. The Morgan fingerprint density at radius 2 is 2.30 bits per heavy atom. The van der Waals surface area contributed by atoms with Gasteiger partial charge in [0.1, 0.15) is 11.4 Å². The van der Waals surface area contributed by atoms with Gasteiger partial charge < -0.3 is 10.2 Å². The van der Waals surface area contributed by atoms with Gasteiger partial charge in [0, 0.05) is 6.20 Å². The van der Waals surface area contributed by atoms with Crippen molar-refractivity contribution in [3.8, 4) is 5.75 Å². The molecule has 2 N–H and O–H groups in total. The van der Waals surface area contributed by atoms with E-state index in [4.69, 9.17) is 10.2 Å². The summed E-state index contributed by atoms with van der Waals surface area (Å²) in [7, 11) is 0. The topological polar surface area (TPSA) is 53.4 Å². The standard InChI is InChI=1S/C7H9NO2/c1-5(9)7-6(10)3-2-4-8-7/h2-5,9-10H,1H3. The van der Waals surface area contributed by atoms with Crippen molar-refractivity contribution in [3.63, 3.8) is 0 Å². The second-order valence-corrected chi connectivity index (χ2v) is 2.08. The maximum Gasteiger partial charge on any atom is 0.139 e. The van der Waals surface area contributed by atoms with Gasteiger partial charge in [0.15, 0.2) is 0 Å². The van der Waals surface area contributed by atoms with Crippen molar-refractivity contribution >= 4 is 0 Å². The highest BCUT2D eigenvalue weighted by atomic mass is 16.3. The fourth-order valence-electron chi connectivity index (χ4n) is 0.731. The molecule has 1 rings (SSSR count). The molecule has 0 fully saturated rings. The zero-order valence-electron chi connectivity index (χ0n) is 5.65. The lowest BCUT2D eigenvalue weighted by Crippen LogP contribution is -1.94. The van der Waals surface area contributed by atoms with Crippen LogP contribution in [-0.2, 0) is 0 Å². The van der Waals surface area contributed by atoms with Gasteiger partial charge in [-0.3, -0.25) is 4.98 Å². The minimum atomic E-state index is -0.707. The Hall–Kier alpha value is -1.09. The Balaban J connectivity index is 3.03. The average molecular weight is 139 g/mol. The SMILES string of the molecule is CC(O)c1ncccc1O. The van der Waals surface area contributed by atoms with E-state index in [1.54, 1.807) is 13.0 Å². The van der Waals surface area contributed by atoms with E-state index in [-0.39, 0.29) is 5.75 Å². The number of aliphatic hydroxyl groups is 1. The normalized spacial score (nSPS) is 13.0. The minimum absolute atomic E-state index is 0.0394. The largest absolute Gasteiger partial charge is 0.506 e. The van der Waals surface area contributed by atoms with Crippen LogP contribution in [0.1, 0.15) is 18.7 Å². The highest BCUT2D eigenvalue weighted by Gasteiger charge is 2.05. The van der Waals surface area contributed by atoms with Crippen molar-refractivity contribution in [1.82, 2.24) is 4.98 Å². The van der Waals surface area contributed by atoms with Crippen LogP contribution >= 0.6 is 0 Å². The smallest absolute Gasteiger partial charge is 0.139 e. The summed E-state index contributed by atoms with van der Waals surface area (Å²) in [6.07, 6.45) is 0.822. The van der Waals surface area contributed by atoms with E-state index in [2.05, 4.69) is 4.98 Å². The van der Waals surface area contributed by atoms with Gasteiger partial charge in [0.2, 0.25) is 0 Å². The summed E-state index contributed by atoms with van der Waals surface area (Å²) in [6, 6.07) is 3.11. The van der Waals surface area contributed by atoms with Crippen molar-refractivity contribution in [2.75, 3.05) is 0 Å². The van der Waals surface area contributed by atoms with E-state index < -0.39 is 6.10 Å². The van der Waals surface area contributed by atoms with Crippen molar-refractivity contribution in [3.05, 3.63) is 24.0 Å². The number of aliphatic hydroxyl groups excluding tert-OH is 1. The van der Waals surface area contributed by atoms with Crippen molar-refractivity contribution in [2.24, 2.45) is 0 Å². The second kappa shape index (κ2) is 2.66. The van der Waals surface area contributed by atoms with Gasteiger partial charge in [-0.05, 0) is 19.1 Å². The lowest BCUT2D eigenvalue weighted by Gasteiger charge is -2.03. The van der Waals surface area contributed by atoms with E-state index in [0.717, 1.165) is 0 Å². The molecular weight excluding hydrogens is 130 g/mol. The number of hydrogen-bond acceptors (Lipinski definition) is 3. The minimum Gasteiger partial charge on any atom is -0.506 e. The van der Waals surface area contributed by atoms with Crippen LogP contribution in [0.2, 0.25) is 0 Å². The summed E-state index contributed by atoms with van der Waals surface area (Å²) >= 11 is 0. The first kappa shape index (κ1) is 7.02. The average Bonchev–Trinajstić information content (AvgIpc) is 1.88. The molecule has 1 heterocycles. The third-order valence-corrected chi connectivity index (χ3v) is 1.21. The van der Waals surface area contributed by atoms with Crippen molar-refractivity contribution < 1.29 is 10.2 Å². The van der Waals surface area contributed by atoms with E-state index in [1.807, 2.05) is 0 Å². The van der Waals surface area contributed by atoms with Gasteiger partial charge in [-0.15, -0.1) is 0 Å². The van der Waals surface area contributed by atoms with E-state index in [9.17, 15) is 0 Å². The Bertz CT molecular complexity index is 223. The lowest BCUT2D eigenvalue weighted by molar-refractivity contribution is 0.189. The zero-order valence-corrected chi connectivity index (χ0v) is 5.65. The van der Waals surface area contributed by atoms with Crippen LogP contribution in [0, 0.1) is 0 Å². The van der Waals surface area contributed by atoms with Crippen LogP contribution < -0.4 is 0 Å². The predicted octanol–water partition coefficient (Wildman–Crippen LogP) is 0.840. The first-order valence-corrected chi connectivity index (χ1v) is 3.03. The van der Waals surface area contributed by atoms with Crippen LogP contribution in [-0.4, -0.2) is 15.2 Å². The molecule has 0 aliphatic carbocycles. The Labute approximate surface area is 59.0 Å². The number of nitrogens with zero attached hydrogens (tertiary/aromatic N) is 1. The molecule has 0 amide bonds. The Kier molecular flexibility index (Phi) is 1.87. The Morgan fingerprint density at radius 1 is 1.60 bits per heavy atom. The number of hydrogen-bond donors (Lipinski definition) is 2. The number of pyridine rings is 1. The first-order chi connectivity index (χ1) is 4.72. The molecule has 0 spiro atoms. The summed E-state index contributed by atoms with van der Waals surface area (Å²) in [6.45, 7) is 1.56. The molecular formula is C7H9NO2. The van der Waals surface area contributed by atoms with Gasteiger partial charge >= 0.3 is 0 Å². The molecule has 0 aliphatic rings. The number of rotatable bonds is 1. The molecule has 1 unspecified atom stereocenters. The number of aromatic hydroxyl groups is 1. The molecule has 10 heavy (non-hydrogen) atoms. The summed E-state index contributed by atoms with van der Waals surface area (Å²) < 4.78 is 0. The fraction of sp³-hybridized carbons (Fsp3) is 0.286. The maximum atomic E-state index is 9.06. The summed E-state index contributed by atoms with van der Waals surface area (Å²) in [5.74, 6) is 0.0394. The summed E-state index contributed by atoms with van der Waals surface area (Å²) in [5.41, 5.74) is 0.322. The predicted molar refractivity (Wildman–Crippen MR) is 36.5 cm³/mol. The quantitative estimate of drug-likeness (QED) is 0.606. The van der Waals surface area contributed by atoms with E-state index >= 15 is 0 Å². The Morgan fingerprint density at radius 3 is 2.70 bits per heavy atom. The molecule has 1 aromatic heterocycles. The molecule has 0 saturated heterocycles. The highest BCUT2D eigenvalue weighted by molar-refractivity contribution is 5.26. The van der Waals surface area contributed by atoms with Crippen molar-refractivity contribution in [2.45, 2.75) is 13.0 Å². The molecule has 3 nitrogen and oxygen atoms in total. The van der Waals surface area contributed by atoms with Gasteiger partial charge in [-0.2, -0.15) is 0 Å². The first-order valence-electron chi connectivity index (χ1n) is 3.03. The molecule has 0 aliphatic heterocycles. The highest BCUT2D eigenvalue weighted by Crippen LogP contribution is 2.19. The molecule has 0 saturated carbocycles. The maximum absolute atomic E-state index is 9.06.